The maximum Gasteiger partial charge on any atom is 0.231 e. The number of fused-ring (bicyclic) bond motifs is 2. The molecule has 5 rings (SSSR count). The van der Waals surface area contributed by atoms with Gasteiger partial charge in [0.2, 0.25) is 5.78 Å². The maximum absolute atomic E-state index is 13.1. The number of Topliss-reactive ketones (excluding diaryl/α,β-unsaturated/α-hetero) is 1. The third kappa shape index (κ3) is 4.62. The predicted octanol–water partition coefficient (Wildman–Crippen LogP) is 3.49. The Labute approximate surface area is 194 Å². The molecular formula is C26H30N2O5. The van der Waals surface area contributed by atoms with Crippen molar-refractivity contribution in [3.8, 4) is 17.2 Å². The van der Waals surface area contributed by atoms with E-state index in [-0.39, 0.29) is 5.78 Å². The van der Waals surface area contributed by atoms with E-state index in [0.717, 1.165) is 80.5 Å². The second kappa shape index (κ2) is 9.55. The first-order valence-corrected chi connectivity index (χ1v) is 11.5. The van der Waals surface area contributed by atoms with E-state index in [2.05, 4.69) is 9.80 Å². The molecule has 174 valence electrons. The number of methoxy groups -OCH3 is 1. The topological polar surface area (TPSA) is 60.5 Å². The van der Waals surface area contributed by atoms with Gasteiger partial charge in [0, 0.05) is 37.3 Å². The molecule has 0 saturated carbocycles. The molecule has 0 radical (unpaired) electrons. The van der Waals surface area contributed by atoms with Crippen molar-refractivity contribution >= 4 is 11.9 Å². The van der Waals surface area contributed by atoms with Gasteiger partial charge < -0.3 is 18.9 Å². The van der Waals surface area contributed by atoms with E-state index >= 15 is 0 Å². The molecule has 0 aliphatic carbocycles. The summed E-state index contributed by atoms with van der Waals surface area (Å²) in [7, 11) is 1.63. The lowest BCUT2D eigenvalue weighted by Gasteiger charge is -2.31. The smallest absolute Gasteiger partial charge is 0.231 e. The van der Waals surface area contributed by atoms with Crippen molar-refractivity contribution in [2.24, 2.45) is 0 Å². The molecule has 1 fully saturated rings. The normalized spacial score (nSPS) is 19.7. The van der Waals surface area contributed by atoms with E-state index in [9.17, 15) is 4.79 Å². The third-order valence-corrected chi connectivity index (χ3v) is 6.47. The van der Waals surface area contributed by atoms with Crippen LogP contribution in [0.1, 0.15) is 33.5 Å². The number of benzene rings is 2. The van der Waals surface area contributed by atoms with Crippen LogP contribution in [0.3, 0.4) is 0 Å². The van der Waals surface area contributed by atoms with Gasteiger partial charge in [-0.05, 0) is 49.7 Å². The zero-order valence-electron chi connectivity index (χ0n) is 19.3. The number of ketones is 1. The summed E-state index contributed by atoms with van der Waals surface area (Å²) in [4.78, 5) is 17.8. The quantitative estimate of drug-likeness (QED) is 0.625. The Bertz CT molecular complexity index is 1060. The number of hydrogen-bond acceptors (Lipinski definition) is 7. The molecule has 0 atom stereocenters. The Balaban J connectivity index is 1.28. The number of hydrogen-bond donors (Lipinski definition) is 0. The van der Waals surface area contributed by atoms with Crippen LogP contribution in [-0.4, -0.2) is 68.8 Å². The molecule has 0 unspecified atom stereocenters. The van der Waals surface area contributed by atoms with E-state index < -0.39 is 0 Å². The molecular weight excluding hydrogens is 420 g/mol. The highest BCUT2D eigenvalue weighted by molar-refractivity contribution is 6.15. The van der Waals surface area contributed by atoms with Crippen LogP contribution < -0.4 is 14.2 Å². The van der Waals surface area contributed by atoms with Crippen LogP contribution in [0.4, 0.5) is 0 Å². The highest BCUT2D eigenvalue weighted by Gasteiger charge is 2.33. The first-order valence-electron chi connectivity index (χ1n) is 11.5. The second-order valence-corrected chi connectivity index (χ2v) is 8.71. The molecule has 2 aromatic carbocycles. The van der Waals surface area contributed by atoms with Crippen molar-refractivity contribution in [1.29, 1.82) is 0 Å². The van der Waals surface area contributed by atoms with E-state index in [4.69, 9.17) is 18.9 Å². The van der Waals surface area contributed by atoms with Crippen LogP contribution in [0.15, 0.2) is 36.1 Å². The zero-order valence-corrected chi connectivity index (χ0v) is 19.3. The van der Waals surface area contributed by atoms with Gasteiger partial charge in [-0.25, -0.2) is 0 Å². The fourth-order valence-electron chi connectivity index (χ4n) is 4.63. The minimum absolute atomic E-state index is 0.0869. The van der Waals surface area contributed by atoms with Crippen molar-refractivity contribution in [1.82, 2.24) is 9.80 Å². The van der Waals surface area contributed by atoms with Crippen molar-refractivity contribution < 1.29 is 23.7 Å². The third-order valence-electron chi connectivity index (χ3n) is 6.47. The first kappa shape index (κ1) is 21.9. The van der Waals surface area contributed by atoms with Gasteiger partial charge in [-0.2, -0.15) is 0 Å². The van der Waals surface area contributed by atoms with Crippen LogP contribution >= 0.6 is 0 Å². The molecule has 3 aliphatic rings. The van der Waals surface area contributed by atoms with E-state index in [1.54, 1.807) is 13.2 Å². The summed E-state index contributed by atoms with van der Waals surface area (Å²) >= 11 is 0. The van der Waals surface area contributed by atoms with Crippen molar-refractivity contribution in [3.05, 3.63) is 58.3 Å². The lowest BCUT2D eigenvalue weighted by atomic mass is 10.00. The van der Waals surface area contributed by atoms with Gasteiger partial charge >= 0.3 is 0 Å². The van der Waals surface area contributed by atoms with Crippen LogP contribution in [0, 0.1) is 6.92 Å². The summed E-state index contributed by atoms with van der Waals surface area (Å²) in [5.41, 5.74) is 3.44. The SMILES string of the molecule is COc1ccc(/C=C2\Oc3c(cc4c(c3C)OCN(CCCN3CCOCC3)C4)C2=O)cc1. The van der Waals surface area contributed by atoms with E-state index in [1.165, 1.54) is 0 Å². The zero-order chi connectivity index (χ0) is 22.8. The Morgan fingerprint density at radius 2 is 1.82 bits per heavy atom. The molecule has 7 heteroatoms. The summed E-state index contributed by atoms with van der Waals surface area (Å²) in [6.07, 6.45) is 2.86. The predicted molar refractivity (Wildman–Crippen MR) is 125 cm³/mol. The molecule has 33 heavy (non-hydrogen) atoms. The van der Waals surface area contributed by atoms with Gasteiger partial charge in [0.15, 0.2) is 5.76 Å². The van der Waals surface area contributed by atoms with Crippen LogP contribution in [-0.2, 0) is 11.3 Å². The largest absolute Gasteiger partial charge is 0.497 e. The number of carbonyl (C=O) groups excluding carboxylic acids is 1. The highest BCUT2D eigenvalue weighted by atomic mass is 16.5. The molecule has 7 nitrogen and oxygen atoms in total. The van der Waals surface area contributed by atoms with Crippen LogP contribution in [0.5, 0.6) is 17.2 Å². The van der Waals surface area contributed by atoms with Gasteiger partial charge in [-0.15, -0.1) is 0 Å². The van der Waals surface area contributed by atoms with Crippen LogP contribution in [0.2, 0.25) is 0 Å². The minimum Gasteiger partial charge on any atom is -0.497 e. The highest BCUT2D eigenvalue weighted by Crippen LogP contribution is 2.43. The summed E-state index contributed by atoms with van der Waals surface area (Å²) in [6.45, 7) is 9.01. The van der Waals surface area contributed by atoms with Crippen molar-refractivity contribution in [2.75, 3.05) is 53.2 Å². The average Bonchev–Trinajstić information content (AvgIpc) is 3.16. The molecule has 0 bridgehead atoms. The first-order chi connectivity index (χ1) is 16.1. The molecule has 0 N–H and O–H groups in total. The number of ether oxygens (including phenoxy) is 4. The number of morpholine rings is 1. The van der Waals surface area contributed by atoms with Crippen molar-refractivity contribution in [3.63, 3.8) is 0 Å². The summed E-state index contributed by atoms with van der Waals surface area (Å²) < 4.78 is 22.7. The fourth-order valence-corrected chi connectivity index (χ4v) is 4.63. The maximum atomic E-state index is 13.1. The Hall–Kier alpha value is -2.87. The Kier molecular flexibility index (Phi) is 6.35. The van der Waals surface area contributed by atoms with Crippen LogP contribution in [0.25, 0.3) is 6.08 Å². The standard InChI is InChI=1S/C26H30N2O5/c1-18-25-20(16-28(17-32-25)9-3-8-27-10-12-31-13-11-27)15-22-24(29)23(33-26(18)22)14-19-4-6-21(30-2)7-5-19/h4-7,14-15H,3,8-13,16-17H2,1-2H3/b23-14-. The lowest BCUT2D eigenvalue weighted by molar-refractivity contribution is 0.0329. The van der Waals surface area contributed by atoms with Gasteiger partial charge in [0.1, 0.15) is 24.0 Å². The second-order valence-electron chi connectivity index (χ2n) is 8.71. The minimum atomic E-state index is -0.0869. The van der Waals surface area contributed by atoms with E-state index in [0.29, 0.717) is 23.8 Å². The molecule has 0 spiro atoms. The van der Waals surface area contributed by atoms with Gasteiger partial charge in [-0.1, -0.05) is 12.1 Å². The van der Waals surface area contributed by atoms with Gasteiger partial charge in [-0.3, -0.25) is 14.6 Å². The molecule has 2 aromatic rings. The molecule has 1 saturated heterocycles. The number of rotatable bonds is 6. The molecule has 0 aromatic heterocycles. The fraction of sp³-hybridized carbons (Fsp3) is 0.423. The lowest BCUT2D eigenvalue weighted by Crippen LogP contribution is -2.39. The molecule has 0 amide bonds. The average molecular weight is 451 g/mol. The summed E-state index contributed by atoms with van der Waals surface area (Å²) in [5, 5.41) is 0. The number of nitrogens with zero attached hydrogens (tertiary/aromatic N) is 2. The molecule has 3 heterocycles. The summed E-state index contributed by atoms with van der Waals surface area (Å²) in [5.74, 6) is 2.48. The van der Waals surface area contributed by atoms with Crippen molar-refractivity contribution in [2.45, 2.75) is 19.9 Å². The Morgan fingerprint density at radius 1 is 1.06 bits per heavy atom. The summed E-state index contributed by atoms with van der Waals surface area (Å²) in [6, 6.07) is 9.49. The molecule has 3 aliphatic heterocycles. The van der Waals surface area contributed by atoms with Gasteiger partial charge in [0.05, 0.1) is 25.9 Å². The Morgan fingerprint density at radius 3 is 2.58 bits per heavy atom. The van der Waals surface area contributed by atoms with E-state index in [1.807, 2.05) is 37.3 Å². The number of allylic oxidation sites excluding steroid dienone is 1. The monoisotopic (exact) mass is 450 g/mol. The number of carbonyl (C=O) groups is 1. The van der Waals surface area contributed by atoms with Gasteiger partial charge in [0.25, 0.3) is 0 Å².